The molecule has 3 nitrogen and oxygen atoms in total. The first-order valence-corrected chi connectivity index (χ1v) is 8.11. The van der Waals surface area contributed by atoms with Crippen molar-refractivity contribution in [2.45, 2.75) is 51.9 Å². The van der Waals surface area contributed by atoms with Gasteiger partial charge in [-0.25, -0.2) is 0 Å². The van der Waals surface area contributed by atoms with Crippen molar-refractivity contribution >= 4 is 0 Å². The second kappa shape index (κ2) is 9.73. The quantitative estimate of drug-likeness (QED) is 0.515. The summed E-state index contributed by atoms with van der Waals surface area (Å²) < 4.78 is 5.14. The zero-order valence-electron chi connectivity index (χ0n) is 13.3. The first-order chi connectivity index (χ1) is 9.22. The molecule has 0 spiro atoms. The van der Waals surface area contributed by atoms with Gasteiger partial charge in [0.15, 0.2) is 0 Å². The lowest BCUT2D eigenvalue weighted by atomic mass is 9.79. The number of hydrogen-bond donors (Lipinski definition) is 1. The van der Waals surface area contributed by atoms with Crippen LogP contribution in [0.2, 0.25) is 0 Å². The Labute approximate surface area is 120 Å². The van der Waals surface area contributed by atoms with Gasteiger partial charge in [0, 0.05) is 26.7 Å². The maximum Gasteiger partial charge on any atom is 0.0587 e. The molecule has 1 saturated carbocycles. The number of nitrogens with zero attached hydrogens (tertiary/aromatic N) is 1. The molecule has 0 atom stereocenters. The first-order valence-electron chi connectivity index (χ1n) is 8.11. The molecule has 1 rings (SSSR count). The van der Waals surface area contributed by atoms with Crippen LogP contribution in [0.3, 0.4) is 0 Å². The molecule has 114 valence electrons. The Morgan fingerprint density at radius 3 is 2.42 bits per heavy atom. The van der Waals surface area contributed by atoms with Gasteiger partial charge < -0.3 is 15.0 Å². The van der Waals surface area contributed by atoms with Crippen LogP contribution in [0.15, 0.2) is 0 Å². The van der Waals surface area contributed by atoms with Crippen LogP contribution in [0.5, 0.6) is 0 Å². The van der Waals surface area contributed by atoms with Gasteiger partial charge in [-0.3, -0.25) is 0 Å². The van der Waals surface area contributed by atoms with E-state index in [9.17, 15) is 0 Å². The van der Waals surface area contributed by atoms with Gasteiger partial charge in [-0.15, -0.1) is 0 Å². The lowest BCUT2D eigenvalue weighted by Gasteiger charge is -2.37. The van der Waals surface area contributed by atoms with Gasteiger partial charge in [0.25, 0.3) is 0 Å². The van der Waals surface area contributed by atoms with Gasteiger partial charge in [-0.2, -0.15) is 0 Å². The van der Waals surface area contributed by atoms with Crippen LogP contribution in [0, 0.1) is 5.41 Å². The summed E-state index contributed by atoms with van der Waals surface area (Å²) in [6.45, 7) is 7.70. The van der Waals surface area contributed by atoms with E-state index in [1.165, 1.54) is 58.0 Å². The van der Waals surface area contributed by atoms with Crippen molar-refractivity contribution < 1.29 is 4.74 Å². The molecule has 0 saturated heterocycles. The summed E-state index contributed by atoms with van der Waals surface area (Å²) >= 11 is 0. The molecular weight excluding hydrogens is 236 g/mol. The summed E-state index contributed by atoms with van der Waals surface area (Å²) in [5, 5.41) is 3.62. The third kappa shape index (κ3) is 6.73. The number of ether oxygens (including phenoxy) is 1. The highest BCUT2D eigenvalue weighted by Gasteiger charge is 2.31. The largest absolute Gasteiger partial charge is 0.383 e. The maximum absolute atomic E-state index is 5.14. The van der Waals surface area contributed by atoms with E-state index in [1.54, 1.807) is 7.11 Å². The number of hydrogen-bond acceptors (Lipinski definition) is 3. The lowest BCUT2D eigenvalue weighted by molar-refractivity contribution is 0.138. The van der Waals surface area contributed by atoms with Crippen LogP contribution in [0.4, 0.5) is 0 Å². The Morgan fingerprint density at radius 2 is 1.84 bits per heavy atom. The summed E-state index contributed by atoms with van der Waals surface area (Å²) in [5.41, 5.74) is 0.494. The second-order valence-corrected chi connectivity index (χ2v) is 6.32. The molecule has 0 aromatic heterocycles. The normalized spacial score (nSPS) is 19.6. The molecule has 1 fully saturated rings. The molecule has 3 heteroatoms. The fraction of sp³-hybridized carbons (Fsp3) is 1.00. The molecule has 1 aliphatic carbocycles. The molecule has 0 heterocycles. The Morgan fingerprint density at radius 1 is 1.16 bits per heavy atom. The van der Waals surface area contributed by atoms with Gasteiger partial charge in [0.1, 0.15) is 0 Å². The van der Waals surface area contributed by atoms with Gasteiger partial charge in [-0.05, 0) is 38.3 Å². The second-order valence-electron chi connectivity index (χ2n) is 6.32. The van der Waals surface area contributed by atoms with Crippen molar-refractivity contribution in [2.24, 2.45) is 5.41 Å². The van der Waals surface area contributed by atoms with Crippen molar-refractivity contribution in [1.82, 2.24) is 10.2 Å². The molecule has 0 amide bonds. The summed E-state index contributed by atoms with van der Waals surface area (Å²) in [5.74, 6) is 0. The monoisotopic (exact) mass is 270 g/mol. The van der Waals surface area contributed by atoms with E-state index in [0.29, 0.717) is 5.41 Å². The summed E-state index contributed by atoms with van der Waals surface area (Å²) in [6.07, 6.45) is 9.71. The van der Waals surface area contributed by atoms with Crippen molar-refractivity contribution in [3.05, 3.63) is 0 Å². The van der Waals surface area contributed by atoms with Crippen LogP contribution >= 0.6 is 0 Å². The van der Waals surface area contributed by atoms with Crippen molar-refractivity contribution in [1.29, 1.82) is 0 Å². The summed E-state index contributed by atoms with van der Waals surface area (Å²) in [7, 11) is 4.06. The molecule has 0 aliphatic heterocycles. The Bertz CT molecular complexity index is 213. The van der Waals surface area contributed by atoms with Crippen LogP contribution in [-0.4, -0.2) is 51.8 Å². The summed E-state index contributed by atoms with van der Waals surface area (Å²) in [6, 6.07) is 0. The maximum atomic E-state index is 5.14. The van der Waals surface area contributed by atoms with E-state index in [4.69, 9.17) is 4.74 Å². The zero-order valence-corrected chi connectivity index (χ0v) is 13.3. The zero-order chi connectivity index (χ0) is 14.0. The average Bonchev–Trinajstić information content (AvgIpc) is 2.61. The van der Waals surface area contributed by atoms with Crippen molar-refractivity contribution in [3.63, 3.8) is 0 Å². The SMILES string of the molecule is CCCN(C)CC1(CNCCOC)CCCCCC1. The summed E-state index contributed by atoms with van der Waals surface area (Å²) in [4.78, 5) is 2.53. The fourth-order valence-corrected chi connectivity index (χ4v) is 3.43. The molecule has 0 aromatic carbocycles. The van der Waals surface area contributed by atoms with Gasteiger partial charge >= 0.3 is 0 Å². The van der Waals surface area contributed by atoms with Gasteiger partial charge in [-0.1, -0.05) is 32.6 Å². The molecule has 0 aromatic rings. The average molecular weight is 270 g/mol. The minimum absolute atomic E-state index is 0.494. The third-order valence-corrected chi connectivity index (χ3v) is 4.36. The molecule has 1 N–H and O–H groups in total. The van der Waals surface area contributed by atoms with E-state index in [1.807, 2.05) is 0 Å². The topological polar surface area (TPSA) is 24.5 Å². The molecular formula is C16H34N2O. The molecule has 0 bridgehead atoms. The van der Waals surface area contributed by atoms with E-state index in [2.05, 4.69) is 24.2 Å². The third-order valence-electron chi connectivity index (χ3n) is 4.36. The first kappa shape index (κ1) is 16.9. The van der Waals surface area contributed by atoms with E-state index in [-0.39, 0.29) is 0 Å². The van der Waals surface area contributed by atoms with Crippen LogP contribution in [-0.2, 0) is 4.74 Å². The molecule has 1 aliphatic rings. The Kier molecular flexibility index (Phi) is 8.67. The standard InChI is InChI=1S/C16H34N2O/c1-4-12-18(2)15-16(14-17-11-13-19-3)9-7-5-6-8-10-16/h17H,4-15H2,1-3H3. The minimum atomic E-state index is 0.494. The highest BCUT2D eigenvalue weighted by atomic mass is 16.5. The van der Waals surface area contributed by atoms with Crippen LogP contribution in [0.1, 0.15) is 51.9 Å². The number of nitrogens with one attached hydrogen (secondary N) is 1. The predicted octanol–water partition coefficient (Wildman–Crippen LogP) is 2.90. The van der Waals surface area contributed by atoms with Crippen molar-refractivity contribution in [2.75, 3.05) is 46.9 Å². The number of rotatable bonds is 9. The van der Waals surface area contributed by atoms with Gasteiger partial charge in [0.2, 0.25) is 0 Å². The highest BCUT2D eigenvalue weighted by Crippen LogP contribution is 2.35. The lowest BCUT2D eigenvalue weighted by Crippen LogP contribution is -2.43. The number of methoxy groups -OCH3 is 1. The van der Waals surface area contributed by atoms with Crippen LogP contribution in [0.25, 0.3) is 0 Å². The predicted molar refractivity (Wildman–Crippen MR) is 82.7 cm³/mol. The van der Waals surface area contributed by atoms with Crippen molar-refractivity contribution in [3.8, 4) is 0 Å². The minimum Gasteiger partial charge on any atom is -0.383 e. The smallest absolute Gasteiger partial charge is 0.0587 e. The van der Waals surface area contributed by atoms with E-state index in [0.717, 1.165) is 19.7 Å². The Balaban J connectivity index is 2.49. The van der Waals surface area contributed by atoms with E-state index < -0.39 is 0 Å². The molecule has 0 unspecified atom stereocenters. The van der Waals surface area contributed by atoms with Gasteiger partial charge in [0.05, 0.1) is 6.61 Å². The Hall–Kier alpha value is -0.120. The van der Waals surface area contributed by atoms with E-state index >= 15 is 0 Å². The fourth-order valence-electron chi connectivity index (χ4n) is 3.43. The van der Waals surface area contributed by atoms with Crippen LogP contribution < -0.4 is 5.32 Å². The molecule has 0 radical (unpaired) electrons. The molecule has 19 heavy (non-hydrogen) atoms. The highest BCUT2D eigenvalue weighted by molar-refractivity contribution is 4.86.